The van der Waals surface area contributed by atoms with Gasteiger partial charge in [0, 0.05) is 13.0 Å². The number of carbonyl (C=O) groups excluding carboxylic acids is 2. The van der Waals surface area contributed by atoms with Gasteiger partial charge in [0.1, 0.15) is 0 Å². The van der Waals surface area contributed by atoms with Crippen molar-refractivity contribution in [1.29, 1.82) is 0 Å². The first-order valence-electron chi connectivity index (χ1n) is 4.68. The summed E-state index contributed by atoms with van der Waals surface area (Å²) < 4.78 is 4.43. The van der Waals surface area contributed by atoms with E-state index in [1.54, 1.807) is 0 Å². The summed E-state index contributed by atoms with van der Waals surface area (Å²) in [5, 5.41) is 5.59. The fourth-order valence-corrected chi connectivity index (χ4v) is 0.920. The molecular formula is C9H19ClN2O3. The number of amides is 1. The molecule has 6 heteroatoms. The average molecular weight is 239 g/mol. The van der Waals surface area contributed by atoms with Gasteiger partial charge in [0.2, 0.25) is 5.91 Å². The summed E-state index contributed by atoms with van der Waals surface area (Å²) in [6.07, 6.45) is 1.52. The molecular weight excluding hydrogens is 220 g/mol. The predicted octanol–water partition coefficient (Wildman–Crippen LogP) is 0.0871. The number of carbonyl (C=O) groups is 2. The Hall–Kier alpha value is -0.810. The molecule has 0 saturated carbocycles. The second-order valence-corrected chi connectivity index (χ2v) is 2.88. The molecule has 0 aromatic rings. The van der Waals surface area contributed by atoms with E-state index in [2.05, 4.69) is 15.4 Å². The first kappa shape index (κ1) is 16.6. The summed E-state index contributed by atoms with van der Waals surface area (Å²) in [6, 6.07) is 0. The smallest absolute Gasteiger partial charge is 0.307 e. The van der Waals surface area contributed by atoms with Crippen molar-refractivity contribution in [3.05, 3.63) is 0 Å². The van der Waals surface area contributed by atoms with Crippen LogP contribution in [-0.2, 0) is 14.3 Å². The van der Waals surface area contributed by atoms with E-state index >= 15 is 0 Å². The third kappa shape index (κ3) is 11.1. The van der Waals surface area contributed by atoms with E-state index in [0.717, 1.165) is 13.0 Å². The largest absolute Gasteiger partial charge is 0.469 e. The molecule has 0 spiro atoms. The minimum Gasteiger partial charge on any atom is -0.469 e. The highest BCUT2D eigenvalue weighted by Crippen LogP contribution is 1.87. The van der Waals surface area contributed by atoms with E-state index in [4.69, 9.17) is 0 Å². The number of ether oxygens (including phenoxy) is 1. The molecule has 0 atom stereocenters. The average Bonchev–Trinajstić information content (AvgIpc) is 2.18. The maximum absolute atomic E-state index is 11.1. The summed E-state index contributed by atoms with van der Waals surface area (Å²) in [5.74, 6) is -0.329. The van der Waals surface area contributed by atoms with Crippen LogP contribution in [0, 0.1) is 0 Å². The van der Waals surface area contributed by atoms with Gasteiger partial charge >= 0.3 is 5.97 Å². The van der Waals surface area contributed by atoms with Crippen molar-refractivity contribution in [2.45, 2.75) is 19.3 Å². The Balaban J connectivity index is 0. The second kappa shape index (κ2) is 11.3. The lowest BCUT2D eigenvalue weighted by atomic mass is 10.3. The Labute approximate surface area is 96.3 Å². The normalized spacial score (nSPS) is 8.93. The fourth-order valence-electron chi connectivity index (χ4n) is 0.920. The first-order valence-corrected chi connectivity index (χ1v) is 4.68. The first-order chi connectivity index (χ1) is 6.70. The van der Waals surface area contributed by atoms with Crippen LogP contribution in [0.5, 0.6) is 0 Å². The molecule has 1 amide bonds. The Kier molecular flexibility index (Phi) is 12.5. The molecule has 5 nitrogen and oxygen atoms in total. The zero-order chi connectivity index (χ0) is 10.8. The molecule has 90 valence electrons. The number of hydrogen-bond acceptors (Lipinski definition) is 4. The monoisotopic (exact) mass is 238 g/mol. The van der Waals surface area contributed by atoms with Gasteiger partial charge < -0.3 is 15.4 Å². The van der Waals surface area contributed by atoms with Crippen LogP contribution < -0.4 is 10.6 Å². The zero-order valence-corrected chi connectivity index (χ0v) is 9.99. The minimum absolute atomic E-state index is 0. The highest BCUT2D eigenvalue weighted by atomic mass is 35.5. The summed E-state index contributed by atoms with van der Waals surface area (Å²) in [4.78, 5) is 21.8. The van der Waals surface area contributed by atoms with E-state index in [9.17, 15) is 9.59 Å². The van der Waals surface area contributed by atoms with Crippen LogP contribution in [0.4, 0.5) is 0 Å². The summed E-state index contributed by atoms with van der Waals surface area (Å²) in [7, 11) is 3.17. The van der Waals surface area contributed by atoms with E-state index in [1.165, 1.54) is 7.11 Å². The third-order valence-corrected chi connectivity index (χ3v) is 1.71. The topological polar surface area (TPSA) is 67.4 Å². The molecule has 0 aliphatic heterocycles. The van der Waals surface area contributed by atoms with Crippen molar-refractivity contribution in [3.8, 4) is 0 Å². The van der Waals surface area contributed by atoms with Gasteiger partial charge in [-0.05, 0) is 20.0 Å². The van der Waals surface area contributed by atoms with E-state index in [1.807, 2.05) is 7.05 Å². The van der Waals surface area contributed by atoms with Crippen LogP contribution in [-0.4, -0.2) is 39.1 Å². The number of hydrogen-bond donors (Lipinski definition) is 2. The van der Waals surface area contributed by atoms with Gasteiger partial charge in [-0.15, -0.1) is 12.4 Å². The Morgan fingerprint density at radius 1 is 1.20 bits per heavy atom. The van der Waals surface area contributed by atoms with Crippen LogP contribution in [0.1, 0.15) is 19.3 Å². The van der Waals surface area contributed by atoms with Crippen molar-refractivity contribution in [3.63, 3.8) is 0 Å². The summed E-state index contributed by atoms with van der Waals surface area (Å²) >= 11 is 0. The molecule has 0 aliphatic carbocycles. The lowest BCUT2D eigenvalue weighted by Gasteiger charge is -2.03. The molecule has 0 aliphatic rings. The van der Waals surface area contributed by atoms with Gasteiger partial charge in [0.25, 0.3) is 0 Å². The van der Waals surface area contributed by atoms with Crippen LogP contribution in [0.2, 0.25) is 0 Å². The third-order valence-electron chi connectivity index (χ3n) is 1.71. The van der Waals surface area contributed by atoms with Crippen molar-refractivity contribution in [2.24, 2.45) is 0 Å². The predicted molar refractivity (Wildman–Crippen MR) is 60.1 cm³/mol. The maximum atomic E-state index is 11.1. The zero-order valence-electron chi connectivity index (χ0n) is 9.17. The quantitative estimate of drug-likeness (QED) is 0.487. The highest BCUT2D eigenvalue weighted by Gasteiger charge is 2.02. The molecule has 15 heavy (non-hydrogen) atoms. The number of esters is 1. The van der Waals surface area contributed by atoms with Crippen molar-refractivity contribution < 1.29 is 14.3 Å². The Morgan fingerprint density at radius 3 is 2.40 bits per heavy atom. The number of methoxy groups -OCH3 is 1. The molecule has 0 unspecified atom stereocenters. The van der Waals surface area contributed by atoms with Crippen molar-refractivity contribution in [1.82, 2.24) is 10.6 Å². The van der Waals surface area contributed by atoms with Crippen molar-refractivity contribution in [2.75, 3.05) is 27.2 Å². The van der Waals surface area contributed by atoms with Gasteiger partial charge in [-0.25, -0.2) is 0 Å². The lowest BCUT2D eigenvalue weighted by Crippen LogP contribution is -2.26. The molecule has 0 radical (unpaired) electrons. The number of nitrogens with one attached hydrogen (secondary N) is 2. The maximum Gasteiger partial charge on any atom is 0.307 e. The molecule has 0 heterocycles. The summed E-state index contributed by atoms with van der Waals surface area (Å²) in [5.41, 5.74) is 0. The van der Waals surface area contributed by atoms with Gasteiger partial charge in [0.15, 0.2) is 0 Å². The van der Waals surface area contributed by atoms with E-state index in [-0.39, 0.29) is 30.7 Å². The van der Waals surface area contributed by atoms with Crippen LogP contribution in [0.3, 0.4) is 0 Å². The van der Waals surface area contributed by atoms with E-state index in [0.29, 0.717) is 13.0 Å². The molecule has 0 saturated heterocycles. The summed E-state index contributed by atoms with van der Waals surface area (Å²) in [6.45, 7) is 1.18. The molecule has 0 rings (SSSR count). The number of rotatable bonds is 7. The van der Waals surface area contributed by atoms with Crippen LogP contribution in [0.25, 0.3) is 0 Å². The second-order valence-electron chi connectivity index (χ2n) is 2.88. The molecule has 0 aromatic heterocycles. The standard InChI is InChI=1S/C9H18N2O3.ClH/c1-10-6-3-4-8(12)11-7-5-9(13)14-2;/h10H,3-7H2,1-2H3,(H,11,12);1H. The minimum atomic E-state index is -0.305. The number of halogens is 1. The van der Waals surface area contributed by atoms with Gasteiger partial charge in [0.05, 0.1) is 13.5 Å². The molecule has 0 fully saturated rings. The van der Waals surface area contributed by atoms with Crippen LogP contribution >= 0.6 is 12.4 Å². The molecule has 0 bridgehead atoms. The van der Waals surface area contributed by atoms with Crippen LogP contribution in [0.15, 0.2) is 0 Å². The molecule has 2 N–H and O–H groups in total. The van der Waals surface area contributed by atoms with Gasteiger partial charge in [-0.2, -0.15) is 0 Å². The van der Waals surface area contributed by atoms with E-state index < -0.39 is 0 Å². The highest BCUT2D eigenvalue weighted by molar-refractivity contribution is 5.85. The molecule has 0 aromatic carbocycles. The SMILES string of the molecule is CNCCCC(=O)NCCC(=O)OC.Cl. The van der Waals surface area contributed by atoms with Crippen molar-refractivity contribution >= 4 is 24.3 Å². The lowest BCUT2D eigenvalue weighted by molar-refractivity contribution is -0.140. The van der Waals surface area contributed by atoms with Gasteiger partial charge in [-0.1, -0.05) is 0 Å². The Morgan fingerprint density at radius 2 is 1.87 bits per heavy atom. The Bertz CT molecular complexity index is 188. The fraction of sp³-hybridized carbons (Fsp3) is 0.778. The van der Waals surface area contributed by atoms with Gasteiger partial charge in [-0.3, -0.25) is 9.59 Å².